The van der Waals surface area contributed by atoms with E-state index in [1.54, 1.807) is 0 Å². The minimum Gasteiger partial charge on any atom is -0.438 e. The van der Waals surface area contributed by atoms with Gasteiger partial charge in [-0.3, -0.25) is 9.88 Å². The first-order valence-corrected chi connectivity index (χ1v) is 16.1. The number of hydrogen-bond acceptors (Lipinski definition) is 4. The number of nitrogens with one attached hydrogen (secondary N) is 1. The van der Waals surface area contributed by atoms with Gasteiger partial charge in [-0.05, 0) is 92.1 Å². The summed E-state index contributed by atoms with van der Waals surface area (Å²) in [7, 11) is 0. The van der Waals surface area contributed by atoms with Crippen LogP contribution in [0.4, 0.5) is 11.6 Å². The van der Waals surface area contributed by atoms with E-state index in [1.807, 2.05) is 30.6 Å². The van der Waals surface area contributed by atoms with E-state index in [4.69, 9.17) is 4.42 Å². The quantitative estimate of drug-likeness (QED) is 0.217. The Labute approximate surface area is 273 Å². The molecular weight excluding hydrogens is 574 g/mol. The maximum atomic E-state index is 6.36. The number of benzene rings is 5. The molecule has 0 radical (unpaired) electrons. The fourth-order valence-electron chi connectivity index (χ4n) is 7.92. The topological polar surface area (TPSA) is 41.3 Å². The van der Waals surface area contributed by atoms with Gasteiger partial charge in [-0.25, -0.2) is 0 Å². The van der Waals surface area contributed by atoms with Crippen molar-refractivity contribution in [2.24, 2.45) is 0 Å². The smallest absolute Gasteiger partial charge is 0.226 e. The van der Waals surface area contributed by atoms with Crippen LogP contribution in [0, 0.1) is 0 Å². The van der Waals surface area contributed by atoms with Crippen LogP contribution in [0.3, 0.4) is 0 Å². The van der Waals surface area contributed by atoms with Crippen LogP contribution >= 0.6 is 0 Å². The number of anilines is 2. The molecule has 0 spiro atoms. The number of hydrogen-bond donors (Lipinski definition) is 1. The van der Waals surface area contributed by atoms with E-state index in [0.29, 0.717) is 0 Å². The van der Waals surface area contributed by atoms with Crippen molar-refractivity contribution in [3.8, 4) is 22.3 Å². The van der Waals surface area contributed by atoms with Gasteiger partial charge in [-0.15, -0.1) is 0 Å². The molecule has 0 saturated carbocycles. The number of pyridine rings is 1. The molecule has 0 amide bonds. The van der Waals surface area contributed by atoms with E-state index >= 15 is 0 Å². The molecule has 10 rings (SSSR count). The lowest BCUT2D eigenvalue weighted by molar-refractivity contribution is 0.608. The number of para-hydroxylation sites is 1. The Kier molecular flexibility index (Phi) is 5.52. The maximum absolute atomic E-state index is 6.36. The number of aromatic nitrogens is 1. The second-order valence-electron chi connectivity index (χ2n) is 12.5. The van der Waals surface area contributed by atoms with Crippen LogP contribution in [0.2, 0.25) is 0 Å². The van der Waals surface area contributed by atoms with Crippen molar-refractivity contribution in [1.29, 1.82) is 0 Å². The predicted molar refractivity (Wildman–Crippen MR) is 190 cm³/mol. The standard InChI is InChI=1S/C43H29N3O/c1-3-11-32(12-4-1)43(33-13-5-2-6-14-33)37-24-28(30-10-9-23-44-26-30)17-20-34(37)35-21-18-29(25-38(35)43)31-19-22-40-45-41-36-15-7-8-16-39(36)47-42(41)46(40)27-31/h1-27,40,45H. The summed E-state index contributed by atoms with van der Waals surface area (Å²) in [6, 6.07) is 48.2. The Morgan fingerprint density at radius 3 is 2.06 bits per heavy atom. The molecule has 1 atom stereocenters. The summed E-state index contributed by atoms with van der Waals surface area (Å²) >= 11 is 0. The molecule has 7 aromatic rings. The molecule has 222 valence electrons. The summed E-state index contributed by atoms with van der Waals surface area (Å²) in [4.78, 5) is 6.65. The molecule has 5 aromatic carbocycles. The number of furan rings is 1. The monoisotopic (exact) mass is 603 g/mol. The lowest BCUT2D eigenvalue weighted by Crippen LogP contribution is -2.31. The van der Waals surface area contributed by atoms with Crippen LogP contribution in [0.1, 0.15) is 27.8 Å². The summed E-state index contributed by atoms with van der Waals surface area (Å²) in [6.07, 6.45) is 10.5. The molecule has 47 heavy (non-hydrogen) atoms. The zero-order valence-corrected chi connectivity index (χ0v) is 25.5. The second kappa shape index (κ2) is 9.93. The van der Waals surface area contributed by atoms with Gasteiger partial charge in [0.2, 0.25) is 5.88 Å². The summed E-state index contributed by atoms with van der Waals surface area (Å²) < 4.78 is 6.36. The Bertz CT molecular complexity index is 2350. The highest BCUT2D eigenvalue weighted by Crippen LogP contribution is 2.57. The fraction of sp³-hybridized carbons (Fsp3) is 0.0465. The highest BCUT2D eigenvalue weighted by atomic mass is 16.4. The van der Waals surface area contributed by atoms with Gasteiger partial charge in [0.05, 0.1) is 5.41 Å². The molecular formula is C43H29N3O. The third kappa shape index (κ3) is 3.73. The molecule has 4 nitrogen and oxygen atoms in total. The number of rotatable bonds is 4. The molecule has 1 aliphatic carbocycles. The van der Waals surface area contributed by atoms with Crippen molar-refractivity contribution >= 4 is 28.1 Å². The van der Waals surface area contributed by atoms with Gasteiger partial charge >= 0.3 is 0 Å². The third-order valence-electron chi connectivity index (χ3n) is 10.0. The Morgan fingerprint density at radius 2 is 1.34 bits per heavy atom. The molecule has 0 bridgehead atoms. The van der Waals surface area contributed by atoms with Crippen LogP contribution in [0.5, 0.6) is 0 Å². The number of nitrogens with zero attached hydrogens (tertiary/aromatic N) is 2. The number of allylic oxidation sites excluding steroid dienone is 2. The zero-order valence-electron chi connectivity index (χ0n) is 25.5. The minimum absolute atomic E-state index is 0.0226. The van der Waals surface area contributed by atoms with Gasteiger partial charge in [0.15, 0.2) is 0 Å². The fourth-order valence-corrected chi connectivity index (χ4v) is 7.92. The van der Waals surface area contributed by atoms with Crippen LogP contribution in [-0.4, -0.2) is 11.1 Å². The molecule has 0 fully saturated rings. The largest absolute Gasteiger partial charge is 0.438 e. The normalized spacial score (nSPS) is 16.6. The molecule has 4 heteroatoms. The summed E-state index contributed by atoms with van der Waals surface area (Å²) in [6.45, 7) is 0. The van der Waals surface area contributed by atoms with Crippen LogP contribution < -0.4 is 10.2 Å². The Morgan fingerprint density at radius 1 is 0.660 bits per heavy atom. The van der Waals surface area contributed by atoms with E-state index in [-0.39, 0.29) is 6.17 Å². The highest BCUT2D eigenvalue weighted by molar-refractivity contribution is 6.01. The average Bonchev–Trinajstić information content (AvgIpc) is 3.79. The van der Waals surface area contributed by atoms with E-state index in [2.05, 4.69) is 149 Å². The maximum Gasteiger partial charge on any atom is 0.226 e. The lowest BCUT2D eigenvalue weighted by Gasteiger charge is -2.34. The predicted octanol–water partition coefficient (Wildman–Crippen LogP) is 10.0. The van der Waals surface area contributed by atoms with Gasteiger partial charge in [0.1, 0.15) is 17.4 Å². The van der Waals surface area contributed by atoms with Gasteiger partial charge < -0.3 is 9.73 Å². The van der Waals surface area contributed by atoms with Gasteiger partial charge in [-0.2, -0.15) is 0 Å². The van der Waals surface area contributed by atoms with Crippen LogP contribution in [0.25, 0.3) is 38.8 Å². The molecule has 1 unspecified atom stereocenters. The first-order valence-electron chi connectivity index (χ1n) is 16.1. The van der Waals surface area contributed by atoms with Crippen LogP contribution in [0.15, 0.2) is 169 Å². The zero-order chi connectivity index (χ0) is 31.0. The first-order chi connectivity index (χ1) is 23.3. The van der Waals surface area contributed by atoms with Crippen LogP contribution in [-0.2, 0) is 5.41 Å². The van der Waals surface area contributed by atoms with Crippen molar-refractivity contribution in [3.05, 3.63) is 192 Å². The first kappa shape index (κ1) is 26.1. The lowest BCUT2D eigenvalue weighted by atomic mass is 9.67. The van der Waals surface area contributed by atoms with Crippen molar-refractivity contribution in [3.63, 3.8) is 0 Å². The van der Waals surface area contributed by atoms with E-state index < -0.39 is 5.41 Å². The number of fused-ring (bicyclic) bond motifs is 8. The van der Waals surface area contributed by atoms with Crippen molar-refractivity contribution < 1.29 is 4.42 Å². The van der Waals surface area contributed by atoms with E-state index in [9.17, 15) is 0 Å². The third-order valence-corrected chi connectivity index (χ3v) is 10.0. The average molecular weight is 604 g/mol. The summed E-state index contributed by atoms with van der Waals surface area (Å²) in [5.74, 6) is 0.859. The van der Waals surface area contributed by atoms with Gasteiger partial charge in [-0.1, -0.05) is 109 Å². The summed E-state index contributed by atoms with van der Waals surface area (Å²) in [5.41, 5.74) is 13.6. The van der Waals surface area contributed by atoms with Gasteiger partial charge in [0.25, 0.3) is 0 Å². The summed E-state index contributed by atoms with van der Waals surface area (Å²) in [5, 5.41) is 4.76. The Balaban J connectivity index is 1.19. The van der Waals surface area contributed by atoms with E-state index in [0.717, 1.165) is 39.2 Å². The molecule has 0 saturated heterocycles. The molecule has 1 N–H and O–H groups in total. The Hall–Kier alpha value is -6.13. The molecule has 2 aromatic heterocycles. The van der Waals surface area contributed by atoms with Gasteiger partial charge in [0, 0.05) is 24.0 Å². The molecule has 2 aliphatic heterocycles. The molecule has 3 aliphatic rings. The highest BCUT2D eigenvalue weighted by Gasteiger charge is 2.46. The minimum atomic E-state index is -0.510. The van der Waals surface area contributed by atoms with Crippen molar-refractivity contribution in [2.75, 3.05) is 10.2 Å². The van der Waals surface area contributed by atoms with Crippen molar-refractivity contribution in [2.45, 2.75) is 11.6 Å². The molecule has 4 heterocycles. The van der Waals surface area contributed by atoms with Crippen molar-refractivity contribution in [1.82, 2.24) is 4.98 Å². The second-order valence-corrected chi connectivity index (χ2v) is 12.5. The van der Waals surface area contributed by atoms with E-state index in [1.165, 1.54) is 38.9 Å². The SMILES string of the molecule is C1=CC2Nc3c(oc4ccccc34)N2C=C1c1ccc2c(c1)C(c1ccccc1)(c1ccccc1)c1cc(-c3cccnc3)ccc1-2.